The van der Waals surface area contributed by atoms with Crippen LogP contribution in [0.5, 0.6) is 17.2 Å². The van der Waals surface area contributed by atoms with Gasteiger partial charge in [-0.25, -0.2) is 0 Å². The Kier molecular flexibility index (Phi) is 5.81. The van der Waals surface area contributed by atoms with Gasteiger partial charge < -0.3 is 20.7 Å². The van der Waals surface area contributed by atoms with E-state index >= 15 is 0 Å². The Morgan fingerprint density at radius 3 is 2.23 bits per heavy atom. The summed E-state index contributed by atoms with van der Waals surface area (Å²) in [4.78, 5) is -0.198. The first-order valence-corrected chi connectivity index (χ1v) is 8.97. The van der Waals surface area contributed by atoms with Crippen LogP contribution in [0.1, 0.15) is 0 Å². The van der Waals surface area contributed by atoms with Gasteiger partial charge in [-0.1, -0.05) is 35.9 Å². The number of nitrogen functional groups attached to an aromatic ring is 1. The van der Waals surface area contributed by atoms with Gasteiger partial charge >= 0.3 is 0 Å². The summed E-state index contributed by atoms with van der Waals surface area (Å²) in [7, 11) is -2.77. The molecule has 0 radical (unpaired) electrons. The molecule has 0 atom stereocenters. The maximum absolute atomic E-state index is 11.0. The lowest BCUT2D eigenvalue weighted by Gasteiger charge is -2.04. The number of rotatable bonds is 2. The van der Waals surface area contributed by atoms with Crippen molar-refractivity contribution in [3.8, 4) is 17.2 Å². The molecular formula is C17H16ClNO6S. The number of phenols is 2. The number of ether oxygens (including phenoxy) is 1. The van der Waals surface area contributed by atoms with E-state index in [9.17, 15) is 13.5 Å². The van der Waals surface area contributed by atoms with Gasteiger partial charge in [0.25, 0.3) is 10.1 Å². The lowest BCUT2D eigenvalue weighted by Crippen LogP contribution is -1.98. The number of hydrogen-bond donors (Lipinski definition) is 4. The van der Waals surface area contributed by atoms with Crippen molar-refractivity contribution < 1.29 is 27.9 Å². The maximum atomic E-state index is 11.0. The lowest BCUT2D eigenvalue weighted by molar-refractivity contribution is 0.413. The molecule has 0 fully saturated rings. The van der Waals surface area contributed by atoms with Crippen LogP contribution in [-0.2, 0) is 10.1 Å². The molecule has 0 aliphatic heterocycles. The zero-order valence-corrected chi connectivity index (χ0v) is 15.1. The third-order valence-corrected chi connectivity index (χ3v) is 4.65. The van der Waals surface area contributed by atoms with Crippen molar-refractivity contribution in [3.63, 3.8) is 0 Å². The van der Waals surface area contributed by atoms with Crippen LogP contribution >= 0.6 is 11.6 Å². The fraction of sp³-hybridized carbons (Fsp3) is 0.0588. The van der Waals surface area contributed by atoms with Crippen molar-refractivity contribution >= 4 is 38.2 Å². The molecule has 0 unspecified atom stereocenters. The molecule has 0 aliphatic carbocycles. The highest BCUT2D eigenvalue weighted by Gasteiger charge is 2.14. The molecule has 9 heteroatoms. The van der Waals surface area contributed by atoms with Crippen LogP contribution in [0.15, 0.2) is 53.4 Å². The monoisotopic (exact) mass is 397 g/mol. The predicted molar refractivity (Wildman–Crippen MR) is 99.5 cm³/mol. The number of nitrogens with two attached hydrogens (primary N) is 1. The Bertz CT molecular complexity index is 1050. The summed E-state index contributed by atoms with van der Waals surface area (Å²) in [5, 5.41) is 19.6. The third-order valence-electron chi connectivity index (χ3n) is 3.44. The fourth-order valence-corrected chi connectivity index (χ4v) is 3.15. The second kappa shape index (κ2) is 7.69. The van der Waals surface area contributed by atoms with E-state index in [1.54, 1.807) is 6.07 Å². The van der Waals surface area contributed by atoms with Crippen molar-refractivity contribution in [1.29, 1.82) is 0 Å². The van der Waals surface area contributed by atoms with E-state index in [4.69, 9.17) is 31.7 Å². The van der Waals surface area contributed by atoms with Crippen LogP contribution in [-0.4, -0.2) is 30.3 Å². The van der Waals surface area contributed by atoms with Gasteiger partial charge in [0.1, 0.15) is 22.1 Å². The second-order valence-electron chi connectivity index (χ2n) is 5.15. The van der Waals surface area contributed by atoms with Gasteiger partial charge in [-0.2, -0.15) is 8.42 Å². The van der Waals surface area contributed by atoms with E-state index in [0.29, 0.717) is 21.5 Å². The average molecular weight is 398 g/mol. The molecule has 0 saturated heterocycles. The summed E-state index contributed by atoms with van der Waals surface area (Å²) in [5.74, 6) is 0.413. The van der Waals surface area contributed by atoms with E-state index in [2.05, 4.69) is 0 Å². The molecule has 138 valence electrons. The van der Waals surface area contributed by atoms with Gasteiger partial charge in [-0.3, -0.25) is 4.55 Å². The summed E-state index contributed by atoms with van der Waals surface area (Å²) in [6.07, 6.45) is 0. The topological polar surface area (TPSA) is 130 Å². The zero-order valence-electron chi connectivity index (χ0n) is 13.5. The Labute approximate surface area is 155 Å². The minimum atomic E-state index is -4.26. The molecular weight excluding hydrogens is 382 g/mol. The molecule has 0 aliphatic rings. The van der Waals surface area contributed by atoms with Crippen LogP contribution in [0.2, 0.25) is 5.02 Å². The summed E-state index contributed by atoms with van der Waals surface area (Å²) in [6, 6.07) is 11.6. The Morgan fingerprint density at radius 1 is 1.00 bits per heavy atom. The molecule has 3 rings (SSSR count). The van der Waals surface area contributed by atoms with Gasteiger partial charge in [-0.05, 0) is 12.1 Å². The molecule has 0 heterocycles. The molecule has 3 aromatic rings. The highest BCUT2D eigenvalue weighted by Crippen LogP contribution is 2.33. The van der Waals surface area contributed by atoms with E-state index in [-0.39, 0.29) is 22.1 Å². The molecule has 26 heavy (non-hydrogen) atoms. The maximum Gasteiger partial charge on any atom is 0.295 e. The number of anilines is 1. The first kappa shape index (κ1) is 19.6. The molecule has 0 bridgehead atoms. The number of benzene rings is 3. The van der Waals surface area contributed by atoms with Gasteiger partial charge in [-0.15, -0.1) is 0 Å². The minimum Gasteiger partial charge on any atom is -0.507 e. The normalized spacial score (nSPS) is 10.9. The number of halogens is 1. The van der Waals surface area contributed by atoms with E-state index in [1.165, 1.54) is 49.6 Å². The Morgan fingerprint density at radius 2 is 1.62 bits per heavy atom. The summed E-state index contributed by atoms with van der Waals surface area (Å²) >= 11 is 5.66. The fourth-order valence-electron chi connectivity index (χ4n) is 2.20. The molecule has 0 amide bonds. The molecule has 0 saturated carbocycles. The van der Waals surface area contributed by atoms with Crippen molar-refractivity contribution in [2.24, 2.45) is 0 Å². The minimum absolute atomic E-state index is 0.0157. The van der Waals surface area contributed by atoms with Crippen molar-refractivity contribution in [2.75, 3.05) is 12.8 Å². The number of methoxy groups -OCH3 is 1. The number of hydrogen-bond acceptors (Lipinski definition) is 6. The first-order valence-electron chi connectivity index (χ1n) is 7.15. The van der Waals surface area contributed by atoms with Crippen LogP contribution < -0.4 is 10.5 Å². The molecule has 7 nitrogen and oxygen atoms in total. The summed E-state index contributed by atoms with van der Waals surface area (Å²) in [5.41, 5.74) is 5.63. The van der Waals surface area contributed by atoms with Crippen LogP contribution in [0.4, 0.5) is 5.69 Å². The van der Waals surface area contributed by atoms with Gasteiger partial charge in [0.2, 0.25) is 0 Å². The number of aromatic hydroxyl groups is 2. The highest BCUT2D eigenvalue weighted by molar-refractivity contribution is 7.86. The van der Waals surface area contributed by atoms with Crippen molar-refractivity contribution in [3.05, 3.63) is 53.6 Å². The van der Waals surface area contributed by atoms with Crippen molar-refractivity contribution in [2.45, 2.75) is 4.90 Å². The summed E-state index contributed by atoms with van der Waals surface area (Å²) in [6.45, 7) is 0. The molecule has 3 aromatic carbocycles. The number of fused-ring (bicyclic) bond motifs is 1. The predicted octanol–water partition coefficient (Wildman–Crippen LogP) is 3.43. The largest absolute Gasteiger partial charge is 0.507 e. The van der Waals surface area contributed by atoms with E-state index < -0.39 is 10.1 Å². The first-order chi connectivity index (χ1) is 12.1. The number of phenolic OH excluding ortho intramolecular Hbond substituents is 2. The molecule has 0 spiro atoms. The smallest absolute Gasteiger partial charge is 0.295 e. The average Bonchev–Trinajstić information content (AvgIpc) is 2.58. The lowest BCUT2D eigenvalue weighted by atomic mass is 10.1. The molecule has 5 N–H and O–H groups in total. The van der Waals surface area contributed by atoms with Crippen LogP contribution in [0.3, 0.4) is 0 Å². The van der Waals surface area contributed by atoms with Gasteiger partial charge in [0, 0.05) is 22.9 Å². The Hall–Kier alpha value is -2.68. The third kappa shape index (κ3) is 4.29. The van der Waals surface area contributed by atoms with Crippen molar-refractivity contribution in [1.82, 2.24) is 0 Å². The second-order valence-corrected chi connectivity index (χ2v) is 6.95. The quantitative estimate of drug-likeness (QED) is 0.296. The van der Waals surface area contributed by atoms with Gasteiger partial charge in [0.15, 0.2) is 0 Å². The van der Waals surface area contributed by atoms with Crippen LogP contribution in [0.25, 0.3) is 10.8 Å². The van der Waals surface area contributed by atoms with E-state index in [1.807, 2.05) is 0 Å². The Balaban J connectivity index is 0.000000197. The molecule has 0 aromatic heterocycles. The highest BCUT2D eigenvalue weighted by atomic mass is 35.5. The van der Waals surface area contributed by atoms with Gasteiger partial charge in [0.05, 0.1) is 17.8 Å². The SMILES string of the molecule is COc1cc(N)c(O)cc1Cl.O=S(=O)(O)c1cccc2c(O)cccc12. The van der Waals surface area contributed by atoms with E-state index in [0.717, 1.165) is 0 Å². The van der Waals surface area contributed by atoms with Crippen LogP contribution in [0, 0.1) is 0 Å². The summed E-state index contributed by atoms with van der Waals surface area (Å²) < 4.78 is 35.9. The zero-order chi connectivity index (χ0) is 19.5. The standard InChI is InChI=1S/C10H8O4S.C7H8ClNO2/c11-9-5-1-4-8-7(9)3-2-6-10(8)15(12,13)14;1-11-7-3-5(9)6(10)2-4(7)8/h1-6,11H,(H,12,13,14);2-3,10H,9H2,1H3.